The van der Waals surface area contributed by atoms with E-state index in [1.807, 2.05) is 17.9 Å². The van der Waals surface area contributed by atoms with E-state index in [-0.39, 0.29) is 17.1 Å². The fourth-order valence-electron chi connectivity index (χ4n) is 3.48. The van der Waals surface area contributed by atoms with Crippen molar-refractivity contribution in [3.05, 3.63) is 29.3 Å². The zero-order valence-corrected chi connectivity index (χ0v) is 12.0. The van der Waals surface area contributed by atoms with Crippen LogP contribution in [-0.2, 0) is 0 Å². The van der Waals surface area contributed by atoms with E-state index >= 15 is 0 Å². The number of aromatic hydroxyl groups is 1. The first kappa shape index (κ1) is 13.4. The fourth-order valence-corrected chi connectivity index (χ4v) is 3.48. The van der Waals surface area contributed by atoms with Crippen molar-refractivity contribution < 1.29 is 9.90 Å². The summed E-state index contributed by atoms with van der Waals surface area (Å²) in [5.41, 5.74) is 1.69. The van der Waals surface area contributed by atoms with Crippen molar-refractivity contribution in [3.8, 4) is 5.75 Å². The summed E-state index contributed by atoms with van der Waals surface area (Å²) in [6.07, 6.45) is 3.46. The summed E-state index contributed by atoms with van der Waals surface area (Å²) >= 11 is 0. The number of amides is 1. The molecular formula is C16H22N2O2. The Bertz CT molecular complexity index is 521. The number of hydrogen-bond donors (Lipinski definition) is 2. The van der Waals surface area contributed by atoms with Gasteiger partial charge in [0.2, 0.25) is 0 Å². The molecule has 4 heteroatoms. The van der Waals surface area contributed by atoms with Crippen LogP contribution in [0.1, 0.15) is 35.2 Å². The molecule has 2 saturated heterocycles. The summed E-state index contributed by atoms with van der Waals surface area (Å²) in [7, 11) is 0. The molecule has 2 heterocycles. The number of aryl methyl sites for hydroxylation is 1. The highest BCUT2D eigenvalue weighted by atomic mass is 16.3. The average Bonchev–Trinajstić information content (AvgIpc) is 2.85. The van der Waals surface area contributed by atoms with E-state index in [0.29, 0.717) is 5.56 Å². The van der Waals surface area contributed by atoms with Gasteiger partial charge in [-0.1, -0.05) is 11.6 Å². The fraction of sp³-hybridized carbons (Fsp3) is 0.562. The minimum atomic E-state index is -0.0337. The van der Waals surface area contributed by atoms with Crippen LogP contribution in [0.3, 0.4) is 0 Å². The summed E-state index contributed by atoms with van der Waals surface area (Å²) in [6.45, 7) is 5.65. The summed E-state index contributed by atoms with van der Waals surface area (Å²) in [6, 6.07) is 5.21. The molecule has 20 heavy (non-hydrogen) atoms. The molecule has 2 aliphatic rings. The van der Waals surface area contributed by atoms with Crippen molar-refractivity contribution >= 4 is 5.91 Å². The molecule has 0 bridgehead atoms. The Balaban J connectivity index is 1.77. The lowest BCUT2D eigenvalue weighted by atomic mass is 9.80. The lowest BCUT2D eigenvalue weighted by Gasteiger charge is -2.33. The average molecular weight is 274 g/mol. The summed E-state index contributed by atoms with van der Waals surface area (Å²) in [4.78, 5) is 14.5. The molecule has 0 radical (unpaired) electrons. The molecule has 2 aliphatic heterocycles. The standard InChI is InChI=1S/C16H22N2O2/c1-12-3-4-14(19)13(9-12)15(20)18-8-6-16(11-18)5-2-7-17-10-16/h3-4,9,17,19H,2,5-8,10-11H2,1H3/t16-/m0/s1. The van der Waals surface area contributed by atoms with E-state index in [4.69, 9.17) is 0 Å². The smallest absolute Gasteiger partial charge is 0.257 e. The number of likely N-dealkylation sites (tertiary alicyclic amines) is 1. The van der Waals surface area contributed by atoms with Gasteiger partial charge in [0.05, 0.1) is 5.56 Å². The second-order valence-electron chi connectivity index (χ2n) is 6.28. The number of carbonyl (C=O) groups excluding carboxylic acids is 1. The highest BCUT2D eigenvalue weighted by molar-refractivity contribution is 5.97. The van der Waals surface area contributed by atoms with E-state index in [1.54, 1.807) is 12.1 Å². The molecule has 0 saturated carbocycles. The molecule has 1 amide bonds. The molecular weight excluding hydrogens is 252 g/mol. The summed E-state index contributed by atoms with van der Waals surface area (Å²) < 4.78 is 0. The van der Waals surface area contributed by atoms with Gasteiger partial charge in [0.1, 0.15) is 5.75 Å². The molecule has 3 rings (SSSR count). The summed E-state index contributed by atoms with van der Waals surface area (Å²) in [5.74, 6) is 0.0527. The highest BCUT2D eigenvalue weighted by Crippen LogP contribution is 2.37. The van der Waals surface area contributed by atoms with Crippen LogP contribution in [0.2, 0.25) is 0 Å². The van der Waals surface area contributed by atoms with Crippen LogP contribution >= 0.6 is 0 Å². The number of phenolic OH excluding ortho intramolecular Hbond substituents is 1. The van der Waals surface area contributed by atoms with Crippen LogP contribution in [0, 0.1) is 12.3 Å². The lowest BCUT2D eigenvalue weighted by Crippen LogP contribution is -2.42. The van der Waals surface area contributed by atoms with Crippen LogP contribution in [0.25, 0.3) is 0 Å². The van der Waals surface area contributed by atoms with Crippen LogP contribution in [0.4, 0.5) is 0 Å². The minimum Gasteiger partial charge on any atom is -0.507 e. The predicted molar refractivity (Wildman–Crippen MR) is 77.9 cm³/mol. The molecule has 0 aliphatic carbocycles. The van der Waals surface area contributed by atoms with Crippen LogP contribution in [0.5, 0.6) is 5.75 Å². The molecule has 0 aromatic heterocycles. The van der Waals surface area contributed by atoms with Gasteiger partial charge >= 0.3 is 0 Å². The molecule has 108 valence electrons. The van der Waals surface area contributed by atoms with Crippen molar-refractivity contribution in [1.82, 2.24) is 10.2 Å². The third-order valence-electron chi connectivity index (χ3n) is 4.67. The normalized spacial score (nSPS) is 26.1. The quantitative estimate of drug-likeness (QED) is 0.822. The predicted octanol–water partition coefficient (Wildman–Crippen LogP) is 1.92. The van der Waals surface area contributed by atoms with Crippen molar-refractivity contribution in [3.63, 3.8) is 0 Å². The Labute approximate surface area is 119 Å². The van der Waals surface area contributed by atoms with Gasteiger partial charge in [-0.05, 0) is 44.9 Å². The zero-order chi connectivity index (χ0) is 14.2. The second-order valence-corrected chi connectivity index (χ2v) is 6.28. The Morgan fingerprint density at radius 3 is 3.00 bits per heavy atom. The number of nitrogens with zero attached hydrogens (tertiary/aromatic N) is 1. The maximum Gasteiger partial charge on any atom is 0.257 e. The van der Waals surface area contributed by atoms with Crippen LogP contribution < -0.4 is 5.32 Å². The molecule has 1 aromatic rings. The maximum absolute atomic E-state index is 12.6. The Hall–Kier alpha value is -1.55. The van der Waals surface area contributed by atoms with E-state index in [1.165, 1.54) is 12.8 Å². The first-order chi connectivity index (χ1) is 9.60. The maximum atomic E-state index is 12.6. The summed E-state index contributed by atoms with van der Waals surface area (Å²) in [5, 5.41) is 13.4. The molecule has 2 fully saturated rings. The van der Waals surface area contributed by atoms with Gasteiger partial charge in [0.25, 0.3) is 5.91 Å². The first-order valence-electron chi connectivity index (χ1n) is 7.39. The number of nitrogens with one attached hydrogen (secondary N) is 1. The number of carbonyl (C=O) groups is 1. The number of phenols is 1. The third kappa shape index (κ3) is 2.40. The number of hydrogen-bond acceptors (Lipinski definition) is 3. The molecule has 1 atom stereocenters. The zero-order valence-electron chi connectivity index (χ0n) is 12.0. The lowest BCUT2D eigenvalue weighted by molar-refractivity contribution is 0.0761. The minimum absolute atomic E-state index is 0.0337. The molecule has 1 aromatic carbocycles. The van der Waals surface area contributed by atoms with Crippen molar-refractivity contribution in [2.45, 2.75) is 26.2 Å². The van der Waals surface area contributed by atoms with E-state index < -0.39 is 0 Å². The second kappa shape index (κ2) is 5.09. The Kier molecular flexibility index (Phi) is 3.42. The van der Waals surface area contributed by atoms with Gasteiger partial charge in [-0.15, -0.1) is 0 Å². The van der Waals surface area contributed by atoms with Crippen molar-refractivity contribution in [2.24, 2.45) is 5.41 Å². The number of rotatable bonds is 1. The van der Waals surface area contributed by atoms with E-state index in [0.717, 1.165) is 38.2 Å². The largest absolute Gasteiger partial charge is 0.507 e. The van der Waals surface area contributed by atoms with Gasteiger partial charge in [0.15, 0.2) is 0 Å². The van der Waals surface area contributed by atoms with Crippen molar-refractivity contribution in [1.29, 1.82) is 0 Å². The molecule has 0 unspecified atom stereocenters. The third-order valence-corrected chi connectivity index (χ3v) is 4.67. The highest BCUT2D eigenvalue weighted by Gasteiger charge is 2.41. The van der Waals surface area contributed by atoms with Gasteiger partial charge in [-0.25, -0.2) is 0 Å². The molecule has 4 nitrogen and oxygen atoms in total. The first-order valence-corrected chi connectivity index (χ1v) is 7.39. The number of benzene rings is 1. The van der Waals surface area contributed by atoms with E-state index in [2.05, 4.69) is 5.32 Å². The monoisotopic (exact) mass is 274 g/mol. The van der Waals surface area contributed by atoms with Crippen molar-refractivity contribution in [2.75, 3.05) is 26.2 Å². The molecule has 1 spiro atoms. The Morgan fingerprint density at radius 2 is 2.25 bits per heavy atom. The van der Waals surface area contributed by atoms with Crippen LogP contribution in [0.15, 0.2) is 18.2 Å². The number of piperidine rings is 1. The van der Waals surface area contributed by atoms with Gasteiger partial charge < -0.3 is 15.3 Å². The topological polar surface area (TPSA) is 52.6 Å². The van der Waals surface area contributed by atoms with Crippen LogP contribution in [-0.4, -0.2) is 42.1 Å². The van der Waals surface area contributed by atoms with E-state index in [9.17, 15) is 9.90 Å². The van der Waals surface area contributed by atoms with Gasteiger partial charge in [-0.2, -0.15) is 0 Å². The van der Waals surface area contributed by atoms with Gasteiger partial charge in [-0.3, -0.25) is 4.79 Å². The van der Waals surface area contributed by atoms with Gasteiger partial charge in [0, 0.05) is 25.0 Å². The molecule has 2 N–H and O–H groups in total. The Morgan fingerprint density at radius 1 is 1.40 bits per heavy atom. The SMILES string of the molecule is Cc1ccc(O)c(C(=O)N2CC[C@]3(CCCNC3)C2)c1.